The van der Waals surface area contributed by atoms with Crippen LogP contribution < -0.4 is 4.74 Å². The number of carbonyl (C=O) groups excluding carboxylic acids is 1. The lowest BCUT2D eigenvalue weighted by Gasteiger charge is -2.09. The van der Waals surface area contributed by atoms with Crippen LogP contribution in [0.1, 0.15) is 11.1 Å². The Hall–Kier alpha value is -2.49. The van der Waals surface area contributed by atoms with Gasteiger partial charge in [-0.25, -0.2) is 4.79 Å². The minimum absolute atomic E-state index is 0.154. The molecule has 104 valence electrons. The zero-order chi connectivity index (χ0) is 14.4. The number of rotatable bonds is 5. The number of phenols is 1. The van der Waals surface area contributed by atoms with E-state index in [1.165, 1.54) is 6.07 Å². The van der Waals surface area contributed by atoms with Gasteiger partial charge in [0.25, 0.3) is 0 Å². The summed E-state index contributed by atoms with van der Waals surface area (Å²) in [5.74, 6) is 0.294. The lowest BCUT2D eigenvalue weighted by Crippen LogP contribution is -2.15. The molecule has 0 radical (unpaired) electrons. The number of esters is 1. The number of aryl methyl sites for hydroxylation is 1. The van der Waals surface area contributed by atoms with Crippen molar-refractivity contribution in [1.29, 1.82) is 0 Å². The molecule has 0 atom stereocenters. The SMILES string of the molecule is Cc1cc(O)ccc1OCC(=O)OCc1ccccc1. The Balaban J connectivity index is 1.80. The van der Waals surface area contributed by atoms with Gasteiger partial charge in [-0.1, -0.05) is 30.3 Å². The van der Waals surface area contributed by atoms with Crippen molar-refractivity contribution in [2.24, 2.45) is 0 Å². The van der Waals surface area contributed by atoms with Gasteiger partial charge >= 0.3 is 5.97 Å². The molecule has 2 rings (SSSR count). The van der Waals surface area contributed by atoms with Crippen molar-refractivity contribution >= 4 is 5.97 Å². The van der Waals surface area contributed by atoms with Gasteiger partial charge in [-0.3, -0.25) is 0 Å². The Kier molecular flexibility index (Phi) is 4.60. The summed E-state index contributed by atoms with van der Waals surface area (Å²) in [5, 5.41) is 9.28. The molecular weight excluding hydrogens is 256 g/mol. The normalized spacial score (nSPS) is 10.1. The predicted octanol–water partition coefficient (Wildman–Crippen LogP) is 2.82. The van der Waals surface area contributed by atoms with Crippen LogP contribution in [-0.2, 0) is 16.1 Å². The molecule has 0 saturated heterocycles. The van der Waals surface area contributed by atoms with Crippen LogP contribution in [0.3, 0.4) is 0 Å². The number of hydrogen-bond donors (Lipinski definition) is 1. The van der Waals surface area contributed by atoms with E-state index in [-0.39, 0.29) is 19.0 Å². The van der Waals surface area contributed by atoms with Crippen molar-refractivity contribution in [3.63, 3.8) is 0 Å². The van der Waals surface area contributed by atoms with Crippen LogP contribution in [0.5, 0.6) is 11.5 Å². The standard InChI is InChI=1S/C16H16O4/c1-12-9-14(17)7-8-15(12)19-11-16(18)20-10-13-5-3-2-4-6-13/h2-9,17H,10-11H2,1H3. The van der Waals surface area contributed by atoms with Gasteiger partial charge in [0.2, 0.25) is 0 Å². The summed E-state index contributed by atoms with van der Waals surface area (Å²) in [6, 6.07) is 14.2. The second-order valence-corrected chi connectivity index (χ2v) is 4.38. The molecule has 0 fully saturated rings. The Morgan fingerprint density at radius 1 is 1.15 bits per heavy atom. The van der Waals surface area contributed by atoms with Gasteiger partial charge in [0.05, 0.1) is 0 Å². The number of carbonyl (C=O) groups is 1. The number of phenolic OH excluding ortho intramolecular Hbond substituents is 1. The maximum atomic E-state index is 11.6. The van der Waals surface area contributed by atoms with Crippen LogP contribution in [0, 0.1) is 6.92 Å². The monoisotopic (exact) mass is 272 g/mol. The highest BCUT2D eigenvalue weighted by molar-refractivity contribution is 5.71. The molecule has 2 aromatic rings. The number of hydrogen-bond acceptors (Lipinski definition) is 4. The van der Waals surface area contributed by atoms with Crippen molar-refractivity contribution < 1.29 is 19.4 Å². The molecule has 0 unspecified atom stereocenters. The summed E-state index contributed by atoms with van der Waals surface area (Å²) in [5.41, 5.74) is 1.70. The molecule has 0 spiro atoms. The summed E-state index contributed by atoms with van der Waals surface area (Å²) in [4.78, 5) is 11.6. The summed E-state index contributed by atoms with van der Waals surface area (Å²) in [7, 11) is 0. The molecule has 4 heteroatoms. The minimum Gasteiger partial charge on any atom is -0.508 e. The molecular formula is C16H16O4. The number of benzene rings is 2. The van der Waals surface area contributed by atoms with Crippen LogP contribution in [-0.4, -0.2) is 17.7 Å². The van der Waals surface area contributed by atoms with E-state index in [9.17, 15) is 9.90 Å². The number of ether oxygens (including phenoxy) is 2. The van der Waals surface area contributed by atoms with Gasteiger partial charge in [-0.15, -0.1) is 0 Å². The fraction of sp³-hybridized carbons (Fsp3) is 0.188. The quantitative estimate of drug-likeness (QED) is 0.850. The second kappa shape index (κ2) is 6.61. The van der Waals surface area contributed by atoms with Gasteiger partial charge in [-0.2, -0.15) is 0 Å². The molecule has 0 aliphatic carbocycles. The molecule has 2 aromatic carbocycles. The molecule has 0 aromatic heterocycles. The zero-order valence-corrected chi connectivity index (χ0v) is 11.2. The van der Waals surface area contributed by atoms with Gasteiger partial charge < -0.3 is 14.6 Å². The van der Waals surface area contributed by atoms with Crippen molar-refractivity contribution in [3.8, 4) is 11.5 Å². The lowest BCUT2D eigenvalue weighted by molar-refractivity contribution is -0.147. The molecule has 20 heavy (non-hydrogen) atoms. The van der Waals surface area contributed by atoms with Crippen LogP contribution in [0.4, 0.5) is 0 Å². The van der Waals surface area contributed by atoms with E-state index in [4.69, 9.17) is 9.47 Å². The summed E-state index contributed by atoms with van der Waals surface area (Å²) in [6.45, 7) is 1.88. The Bertz CT molecular complexity index is 578. The largest absolute Gasteiger partial charge is 0.508 e. The van der Waals surface area contributed by atoms with Crippen molar-refractivity contribution in [3.05, 3.63) is 59.7 Å². The third-order valence-electron chi connectivity index (χ3n) is 2.75. The predicted molar refractivity (Wildman–Crippen MR) is 74.6 cm³/mol. The Morgan fingerprint density at radius 2 is 1.90 bits per heavy atom. The van der Waals surface area contributed by atoms with Crippen molar-refractivity contribution in [2.45, 2.75) is 13.5 Å². The molecule has 0 amide bonds. The molecule has 1 N–H and O–H groups in total. The van der Waals surface area contributed by atoms with Gasteiger partial charge in [0.15, 0.2) is 6.61 Å². The summed E-state index contributed by atoms with van der Waals surface area (Å²) < 4.78 is 10.5. The van der Waals surface area contributed by atoms with E-state index in [1.807, 2.05) is 30.3 Å². The van der Waals surface area contributed by atoms with E-state index in [1.54, 1.807) is 19.1 Å². The summed E-state index contributed by atoms with van der Waals surface area (Å²) >= 11 is 0. The molecule has 0 aliphatic rings. The fourth-order valence-electron chi connectivity index (χ4n) is 1.71. The third-order valence-corrected chi connectivity index (χ3v) is 2.75. The first-order chi connectivity index (χ1) is 9.65. The molecule has 0 heterocycles. The Morgan fingerprint density at radius 3 is 2.60 bits per heavy atom. The van der Waals surface area contributed by atoms with Crippen molar-refractivity contribution in [2.75, 3.05) is 6.61 Å². The van der Waals surface area contributed by atoms with E-state index >= 15 is 0 Å². The van der Waals surface area contributed by atoms with Crippen molar-refractivity contribution in [1.82, 2.24) is 0 Å². The average molecular weight is 272 g/mol. The highest BCUT2D eigenvalue weighted by Crippen LogP contribution is 2.22. The fourth-order valence-corrected chi connectivity index (χ4v) is 1.71. The maximum Gasteiger partial charge on any atom is 0.344 e. The van der Waals surface area contributed by atoms with Crippen LogP contribution in [0.15, 0.2) is 48.5 Å². The van der Waals surface area contributed by atoms with Gasteiger partial charge in [0.1, 0.15) is 18.1 Å². The summed E-state index contributed by atoms with van der Waals surface area (Å²) in [6.07, 6.45) is 0. The van der Waals surface area contributed by atoms with Crippen LogP contribution in [0.2, 0.25) is 0 Å². The van der Waals surface area contributed by atoms with Gasteiger partial charge in [0, 0.05) is 0 Å². The third kappa shape index (κ3) is 4.02. The first-order valence-corrected chi connectivity index (χ1v) is 6.27. The van der Waals surface area contributed by atoms with Gasteiger partial charge in [-0.05, 0) is 36.2 Å². The highest BCUT2D eigenvalue weighted by atomic mass is 16.6. The zero-order valence-electron chi connectivity index (χ0n) is 11.2. The lowest BCUT2D eigenvalue weighted by atomic mass is 10.2. The Labute approximate surface area is 117 Å². The maximum absolute atomic E-state index is 11.6. The topological polar surface area (TPSA) is 55.8 Å². The minimum atomic E-state index is -0.429. The average Bonchev–Trinajstić information content (AvgIpc) is 2.45. The van der Waals surface area contributed by atoms with E-state index in [0.29, 0.717) is 5.75 Å². The molecule has 4 nitrogen and oxygen atoms in total. The van der Waals surface area contributed by atoms with E-state index < -0.39 is 5.97 Å². The van der Waals surface area contributed by atoms with E-state index in [2.05, 4.69) is 0 Å². The smallest absolute Gasteiger partial charge is 0.344 e. The first kappa shape index (κ1) is 13.9. The highest BCUT2D eigenvalue weighted by Gasteiger charge is 2.07. The van der Waals surface area contributed by atoms with E-state index in [0.717, 1.165) is 11.1 Å². The molecule has 0 aliphatic heterocycles. The molecule has 0 saturated carbocycles. The first-order valence-electron chi connectivity index (χ1n) is 6.27. The van der Waals surface area contributed by atoms with Crippen LogP contribution >= 0.6 is 0 Å². The number of aromatic hydroxyl groups is 1. The second-order valence-electron chi connectivity index (χ2n) is 4.38. The van der Waals surface area contributed by atoms with Crippen LogP contribution in [0.25, 0.3) is 0 Å². The molecule has 0 bridgehead atoms.